The van der Waals surface area contributed by atoms with Crippen LogP contribution in [0.2, 0.25) is 0 Å². The number of hydrogen-bond donors (Lipinski definition) is 0. The van der Waals surface area contributed by atoms with Gasteiger partial charge >= 0.3 is 5.97 Å². The number of rotatable bonds is 7. The first-order chi connectivity index (χ1) is 12.8. The van der Waals surface area contributed by atoms with Crippen molar-refractivity contribution in [1.29, 1.82) is 0 Å². The van der Waals surface area contributed by atoms with Crippen molar-refractivity contribution >= 4 is 5.97 Å². The van der Waals surface area contributed by atoms with Crippen LogP contribution in [-0.2, 0) is 4.74 Å². The molecule has 0 saturated heterocycles. The number of carbonyl (C=O) groups excluding carboxylic acids is 1. The Morgan fingerprint density at radius 1 is 1.04 bits per heavy atom. The molecule has 2 aromatic rings. The molecule has 0 atom stereocenters. The lowest BCUT2D eigenvalue weighted by Crippen LogP contribution is -2.21. The van der Waals surface area contributed by atoms with E-state index in [1.54, 1.807) is 24.3 Å². The van der Waals surface area contributed by atoms with Crippen LogP contribution in [0.3, 0.4) is 0 Å². The highest BCUT2D eigenvalue weighted by molar-refractivity contribution is 5.91. The molecule has 0 N–H and O–H groups in total. The molecule has 0 unspecified atom stereocenters. The Hall–Kier alpha value is -2.13. The molecule has 1 aliphatic carbocycles. The summed E-state index contributed by atoms with van der Waals surface area (Å²) in [6, 6.07) is 17.7. The van der Waals surface area contributed by atoms with Crippen molar-refractivity contribution < 1.29 is 14.3 Å². The SMILES string of the molecule is CCCCO[C@H]1CC[C@H](c2ccc(C(=O)Oc3cc[c]cc3)cc2)CC1. The molecule has 0 aliphatic heterocycles. The van der Waals surface area contributed by atoms with Gasteiger partial charge in [0.05, 0.1) is 11.7 Å². The van der Waals surface area contributed by atoms with Gasteiger partial charge in [0.15, 0.2) is 0 Å². The summed E-state index contributed by atoms with van der Waals surface area (Å²) in [7, 11) is 0. The van der Waals surface area contributed by atoms with E-state index in [0.717, 1.165) is 38.7 Å². The van der Waals surface area contributed by atoms with Crippen LogP contribution in [0.15, 0.2) is 48.5 Å². The van der Waals surface area contributed by atoms with E-state index in [-0.39, 0.29) is 5.97 Å². The number of unbranched alkanes of at least 4 members (excludes halogenated alkanes) is 1. The van der Waals surface area contributed by atoms with E-state index in [1.807, 2.05) is 12.1 Å². The minimum atomic E-state index is -0.323. The van der Waals surface area contributed by atoms with Gasteiger partial charge < -0.3 is 9.47 Å². The molecule has 0 amide bonds. The summed E-state index contributed by atoms with van der Waals surface area (Å²) in [5.74, 6) is 0.783. The topological polar surface area (TPSA) is 35.5 Å². The van der Waals surface area contributed by atoms with Gasteiger partial charge in [0.2, 0.25) is 0 Å². The van der Waals surface area contributed by atoms with Gasteiger partial charge in [-0.05, 0) is 73.9 Å². The molecule has 0 bridgehead atoms. The van der Waals surface area contributed by atoms with Gasteiger partial charge in [-0.25, -0.2) is 4.79 Å². The fraction of sp³-hybridized carbons (Fsp3) is 0.435. The Bertz CT molecular complexity index is 670. The lowest BCUT2D eigenvalue weighted by atomic mass is 9.82. The van der Waals surface area contributed by atoms with Gasteiger partial charge in [0, 0.05) is 6.61 Å². The Balaban J connectivity index is 1.51. The zero-order valence-corrected chi connectivity index (χ0v) is 15.4. The molecule has 1 saturated carbocycles. The smallest absolute Gasteiger partial charge is 0.343 e. The lowest BCUT2D eigenvalue weighted by molar-refractivity contribution is 0.0232. The van der Waals surface area contributed by atoms with E-state index in [9.17, 15) is 4.79 Å². The summed E-state index contributed by atoms with van der Waals surface area (Å²) in [5.41, 5.74) is 1.89. The van der Waals surface area contributed by atoms with Gasteiger partial charge in [-0.15, -0.1) is 0 Å². The monoisotopic (exact) mass is 351 g/mol. The number of esters is 1. The summed E-state index contributed by atoms with van der Waals surface area (Å²) in [6.07, 6.45) is 7.33. The third-order valence-electron chi connectivity index (χ3n) is 5.04. The normalized spacial score (nSPS) is 19.9. The number of carbonyl (C=O) groups is 1. The van der Waals surface area contributed by atoms with Gasteiger partial charge in [0.1, 0.15) is 5.75 Å². The molecule has 1 aliphatic rings. The first-order valence-electron chi connectivity index (χ1n) is 9.66. The van der Waals surface area contributed by atoms with Crippen molar-refractivity contribution in [3.8, 4) is 5.75 Å². The third-order valence-corrected chi connectivity index (χ3v) is 5.04. The largest absolute Gasteiger partial charge is 0.423 e. The predicted octanol–water partition coefficient (Wildman–Crippen LogP) is 5.55. The van der Waals surface area contributed by atoms with Crippen LogP contribution < -0.4 is 4.74 Å². The van der Waals surface area contributed by atoms with Crippen LogP contribution in [0.1, 0.15) is 67.3 Å². The molecule has 0 heterocycles. The molecule has 3 heteroatoms. The molecule has 2 aromatic carbocycles. The highest BCUT2D eigenvalue weighted by atomic mass is 16.5. The maximum atomic E-state index is 12.2. The number of ether oxygens (including phenoxy) is 2. The zero-order chi connectivity index (χ0) is 18.2. The Kier molecular flexibility index (Phi) is 6.84. The van der Waals surface area contributed by atoms with Crippen molar-refractivity contribution in [3.05, 3.63) is 65.7 Å². The maximum Gasteiger partial charge on any atom is 0.343 e. The second kappa shape index (κ2) is 9.54. The minimum Gasteiger partial charge on any atom is -0.423 e. The van der Waals surface area contributed by atoms with Crippen molar-refractivity contribution in [1.82, 2.24) is 0 Å². The second-order valence-corrected chi connectivity index (χ2v) is 6.95. The Morgan fingerprint density at radius 2 is 1.73 bits per heavy atom. The summed E-state index contributed by atoms with van der Waals surface area (Å²) >= 11 is 0. The lowest BCUT2D eigenvalue weighted by Gasteiger charge is -2.29. The summed E-state index contributed by atoms with van der Waals surface area (Å²) < 4.78 is 11.3. The standard InChI is InChI=1S/C23H27O3/c1-2-3-17-25-21-15-13-19(14-16-21)18-9-11-20(12-10-18)23(24)26-22-7-5-4-6-8-22/h5-12,19,21H,2-3,13-17H2,1H3/t19-,21-. The highest BCUT2D eigenvalue weighted by Gasteiger charge is 2.23. The molecule has 137 valence electrons. The van der Waals surface area contributed by atoms with Gasteiger partial charge in [0.25, 0.3) is 0 Å². The van der Waals surface area contributed by atoms with Crippen molar-refractivity contribution in [2.75, 3.05) is 6.61 Å². The van der Waals surface area contributed by atoms with E-state index >= 15 is 0 Å². The predicted molar refractivity (Wildman–Crippen MR) is 103 cm³/mol. The first-order valence-corrected chi connectivity index (χ1v) is 9.66. The molecule has 3 rings (SSSR count). The van der Waals surface area contributed by atoms with Gasteiger partial charge in [-0.1, -0.05) is 37.6 Å². The molecule has 1 radical (unpaired) electrons. The van der Waals surface area contributed by atoms with Crippen LogP contribution in [0.5, 0.6) is 5.75 Å². The number of hydrogen-bond acceptors (Lipinski definition) is 3. The molecule has 3 nitrogen and oxygen atoms in total. The van der Waals surface area contributed by atoms with Crippen LogP contribution in [-0.4, -0.2) is 18.7 Å². The molecular weight excluding hydrogens is 324 g/mol. The van der Waals surface area contributed by atoms with Crippen LogP contribution in [0, 0.1) is 6.07 Å². The third kappa shape index (κ3) is 5.18. The van der Waals surface area contributed by atoms with Crippen LogP contribution in [0.4, 0.5) is 0 Å². The van der Waals surface area contributed by atoms with Crippen LogP contribution >= 0.6 is 0 Å². The zero-order valence-electron chi connectivity index (χ0n) is 15.4. The highest BCUT2D eigenvalue weighted by Crippen LogP contribution is 2.34. The Morgan fingerprint density at radius 3 is 2.38 bits per heavy atom. The fourth-order valence-corrected chi connectivity index (χ4v) is 3.45. The average Bonchev–Trinajstić information content (AvgIpc) is 2.70. The summed E-state index contributed by atoms with van der Waals surface area (Å²) in [4.78, 5) is 12.2. The van der Waals surface area contributed by atoms with E-state index in [1.165, 1.54) is 12.0 Å². The minimum absolute atomic E-state index is 0.323. The van der Waals surface area contributed by atoms with Gasteiger partial charge in [-0.3, -0.25) is 0 Å². The second-order valence-electron chi connectivity index (χ2n) is 6.95. The summed E-state index contributed by atoms with van der Waals surface area (Å²) in [5, 5.41) is 0. The van der Waals surface area contributed by atoms with Crippen molar-refractivity contribution in [2.24, 2.45) is 0 Å². The van der Waals surface area contributed by atoms with E-state index in [4.69, 9.17) is 9.47 Å². The van der Waals surface area contributed by atoms with E-state index in [0.29, 0.717) is 23.3 Å². The van der Waals surface area contributed by atoms with E-state index < -0.39 is 0 Å². The molecular formula is C23H27O3. The van der Waals surface area contributed by atoms with Crippen molar-refractivity contribution in [2.45, 2.75) is 57.5 Å². The van der Waals surface area contributed by atoms with Crippen LogP contribution in [0.25, 0.3) is 0 Å². The molecule has 0 aromatic heterocycles. The quantitative estimate of drug-likeness (QED) is 0.373. The molecule has 26 heavy (non-hydrogen) atoms. The molecule has 0 spiro atoms. The molecule has 1 fully saturated rings. The average molecular weight is 351 g/mol. The number of benzene rings is 2. The van der Waals surface area contributed by atoms with Crippen molar-refractivity contribution in [3.63, 3.8) is 0 Å². The first kappa shape index (κ1) is 18.7. The summed E-state index contributed by atoms with van der Waals surface area (Å²) in [6.45, 7) is 3.08. The fourth-order valence-electron chi connectivity index (χ4n) is 3.45. The maximum absolute atomic E-state index is 12.2. The van der Waals surface area contributed by atoms with E-state index in [2.05, 4.69) is 25.1 Å². The Labute approximate surface area is 156 Å². The van der Waals surface area contributed by atoms with Gasteiger partial charge in [-0.2, -0.15) is 0 Å².